The molecular weight excluding hydrogens is 570 g/mol. The highest BCUT2D eigenvalue weighted by atomic mass is 32.2. The second-order valence-electron chi connectivity index (χ2n) is 9.01. The van der Waals surface area contributed by atoms with Crippen LogP contribution in [0.15, 0.2) is 108 Å². The molecule has 10 nitrogen and oxygen atoms in total. The van der Waals surface area contributed by atoms with Crippen molar-refractivity contribution in [1.29, 1.82) is 0 Å². The third-order valence-electron chi connectivity index (χ3n) is 5.90. The molecule has 5 N–H and O–H groups in total. The number of ether oxygens (including phenoxy) is 1. The molecule has 0 fully saturated rings. The molecule has 4 aromatic rings. The van der Waals surface area contributed by atoms with E-state index in [2.05, 4.69) is 16.0 Å². The molecule has 3 amide bonds. The lowest BCUT2D eigenvalue weighted by atomic mass is 10.1. The standard InChI is InChI=1S/C32H27N3O7S/c1-42-28-18-25(36)14-13-21(28)16-27(35-30(38)20-7-3-2-4-8-20)31(39)34-24-11-6-12-26(17-24)43-19-29(37)33-23-10-5-9-22(15-23)32(40)41/h2-18,36H,19H2,1H3,(H,33,37)(H,34,39)(H,35,38)(H,40,41)/b27-16+. The van der Waals surface area contributed by atoms with Gasteiger partial charge in [-0.2, -0.15) is 0 Å². The summed E-state index contributed by atoms with van der Waals surface area (Å²) in [7, 11) is 1.42. The Bertz CT molecular complexity index is 1690. The fourth-order valence-electron chi connectivity index (χ4n) is 3.85. The molecule has 0 heterocycles. The van der Waals surface area contributed by atoms with E-state index in [1.807, 2.05) is 0 Å². The quantitative estimate of drug-likeness (QED) is 0.116. The van der Waals surface area contributed by atoms with Crippen LogP contribution in [0.2, 0.25) is 0 Å². The average Bonchev–Trinajstić information content (AvgIpc) is 3.01. The van der Waals surface area contributed by atoms with E-state index >= 15 is 0 Å². The highest BCUT2D eigenvalue weighted by Crippen LogP contribution is 2.27. The fraction of sp³-hybridized carbons (Fsp3) is 0.0625. The van der Waals surface area contributed by atoms with Crippen LogP contribution in [-0.2, 0) is 9.59 Å². The first kappa shape index (κ1) is 30.4. The molecule has 0 radical (unpaired) electrons. The van der Waals surface area contributed by atoms with Crippen LogP contribution in [0.25, 0.3) is 6.08 Å². The van der Waals surface area contributed by atoms with Crippen molar-refractivity contribution in [1.82, 2.24) is 5.32 Å². The van der Waals surface area contributed by atoms with Crippen molar-refractivity contribution in [3.05, 3.63) is 119 Å². The summed E-state index contributed by atoms with van der Waals surface area (Å²) in [6.07, 6.45) is 1.44. The van der Waals surface area contributed by atoms with Crippen LogP contribution in [0.3, 0.4) is 0 Å². The number of benzene rings is 4. The number of carbonyl (C=O) groups excluding carboxylic acids is 3. The lowest BCUT2D eigenvalue weighted by Crippen LogP contribution is -2.30. The van der Waals surface area contributed by atoms with Gasteiger partial charge in [-0.25, -0.2) is 4.79 Å². The van der Waals surface area contributed by atoms with Gasteiger partial charge in [0.25, 0.3) is 11.8 Å². The number of carboxylic acid groups (broad SMARTS) is 1. The van der Waals surface area contributed by atoms with Gasteiger partial charge in [0.1, 0.15) is 17.2 Å². The summed E-state index contributed by atoms with van der Waals surface area (Å²) < 4.78 is 5.32. The number of methoxy groups -OCH3 is 1. The predicted octanol–water partition coefficient (Wildman–Crippen LogP) is 5.24. The van der Waals surface area contributed by atoms with Crippen LogP contribution in [-0.4, -0.2) is 46.8 Å². The number of anilines is 2. The van der Waals surface area contributed by atoms with Crippen molar-refractivity contribution in [2.75, 3.05) is 23.5 Å². The maximum atomic E-state index is 13.4. The van der Waals surface area contributed by atoms with Gasteiger partial charge in [-0.1, -0.05) is 30.3 Å². The van der Waals surface area contributed by atoms with E-state index in [4.69, 9.17) is 9.84 Å². The Morgan fingerprint density at radius 2 is 1.51 bits per heavy atom. The third-order valence-corrected chi connectivity index (χ3v) is 6.89. The van der Waals surface area contributed by atoms with Crippen LogP contribution in [0.1, 0.15) is 26.3 Å². The van der Waals surface area contributed by atoms with Crippen LogP contribution >= 0.6 is 11.8 Å². The SMILES string of the molecule is COc1cc(O)ccc1/C=C(/NC(=O)c1ccccc1)C(=O)Nc1cccc(SCC(=O)Nc2cccc(C(=O)O)c2)c1. The van der Waals surface area contributed by atoms with Crippen molar-refractivity contribution >= 4 is 52.9 Å². The Morgan fingerprint density at radius 3 is 2.23 bits per heavy atom. The number of aromatic carboxylic acids is 1. The summed E-state index contributed by atoms with van der Waals surface area (Å²) in [6, 6.07) is 25.6. The first-order chi connectivity index (χ1) is 20.7. The maximum absolute atomic E-state index is 13.4. The molecule has 0 unspecified atom stereocenters. The molecule has 0 bridgehead atoms. The summed E-state index contributed by atoms with van der Waals surface area (Å²) >= 11 is 1.22. The number of nitrogens with one attached hydrogen (secondary N) is 3. The number of hydrogen-bond donors (Lipinski definition) is 5. The van der Waals surface area contributed by atoms with Crippen molar-refractivity contribution in [2.24, 2.45) is 0 Å². The Balaban J connectivity index is 1.48. The first-order valence-electron chi connectivity index (χ1n) is 12.8. The number of amides is 3. The van der Waals surface area contributed by atoms with E-state index in [0.717, 1.165) is 0 Å². The minimum Gasteiger partial charge on any atom is -0.508 e. The summed E-state index contributed by atoms with van der Waals surface area (Å²) in [5.41, 5.74) is 1.58. The fourth-order valence-corrected chi connectivity index (χ4v) is 4.61. The zero-order chi connectivity index (χ0) is 30.8. The first-order valence-corrected chi connectivity index (χ1v) is 13.8. The van der Waals surface area contributed by atoms with Crippen molar-refractivity contribution in [3.63, 3.8) is 0 Å². The Morgan fingerprint density at radius 1 is 0.814 bits per heavy atom. The van der Waals surface area contributed by atoms with Gasteiger partial charge in [0.15, 0.2) is 0 Å². The molecule has 4 aromatic carbocycles. The number of phenolic OH excluding ortho intramolecular Hbond substituents is 1. The van der Waals surface area contributed by atoms with Gasteiger partial charge in [-0.15, -0.1) is 11.8 Å². The van der Waals surface area contributed by atoms with Gasteiger partial charge < -0.3 is 30.9 Å². The maximum Gasteiger partial charge on any atom is 0.335 e. The van der Waals surface area contributed by atoms with Crippen molar-refractivity contribution < 1.29 is 34.1 Å². The molecular formula is C32H27N3O7S. The Labute approximate surface area is 251 Å². The summed E-state index contributed by atoms with van der Waals surface area (Å²) in [5.74, 6) is -2.23. The Kier molecular flexibility index (Phi) is 10.2. The third kappa shape index (κ3) is 8.72. The minimum absolute atomic E-state index is 0.0231. The topological polar surface area (TPSA) is 154 Å². The number of aromatic hydroxyl groups is 1. The highest BCUT2D eigenvalue weighted by Gasteiger charge is 2.17. The second kappa shape index (κ2) is 14.4. The van der Waals surface area contributed by atoms with Gasteiger partial charge in [-0.05, 0) is 66.7 Å². The number of phenols is 1. The van der Waals surface area contributed by atoms with Gasteiger partial charge in [0.05, 0.1) is 18.4 Å². The Hall–Kier alpha value is -5.55. The number of carbonyl (C=O) groups is 4. The zero-order valence-electron chi connectivity index (χ0n) is 22.9. The lowest BCUT2D eigenvalue weighted by molar-refractivity contribution is -0.114. The van der Waals surface area contributed by atoms with E-state index in [-0.39, 0.29) is 28.7 Å². The van der Waals surface area contributed by atoms with Crippen LogP contribution < -0.4 is 20.7 Å². The lowest BCUT2D eigenvalue weighted by Gasteiger charge is -2.13. The van der Waals surface area contributed by atoms with Crippen molar-refractivity contribution in [3.8, 4) is 11.5 Å². The number of carboxylic acids is 1. The van der Waals surface area contributed by atoms with Crippen LogP contribution in [0, 0.1) is 0 Å². The summed E-state index contributed by atoms with van der Waals surface area (Å²) in [6.45, 7) is 0. The molecule has 0 aliphatic carbocycles. The number of rotatable bonds is 11. The average molecular weight is 598 g/mol. The summed E-state index contributed by atoms with van der Waals surface area (Å²) in [5, 5.41) is 27.0. The zero-order valence-corrected chi connectivity index (χ0v) is 23.7. The van der Waals surface area contributed by atoms with E-state index in [9.17, 15) is 24.3 Å². The number of thioether (sulfide) groups is 1. The molecule has 0 atom stereocenters. The normalized spacial score (nSPS) is 10.9. The largest absolute Gasteiger partial charge is 0.508 e. The predicted molar refractivity (Wildman–Crippen MR) is 164 cm³/mol. The van der Waals surface area contributed by atoms with E-state index < -0.39 is 17.8 Å². The van der Waals surface area contributed by atoms with Crippen LogP contribution in [0.4, 0.5) is 11.4 Å². The molecule has 4 rings (SSSR count). The van der Waals surface area contributed by atoms with E-state index in [1.165, 1.54) is 49.2 Å². The molecule has 11 heteroatoms. The molecule has 0 aliphatic heterocycles. The molecule has 0 aromatic heterocycles. The van der Waals surface area contributed by atoms with Gasteiger partial charge in [-0.3, -0.25) is 14.4 Å². The molecule has 218 valence electrons. The smallest absolute Gasteiger partial charge is 0.335 e. The molecule has 43 heavy (non-hydrogen) atoms. The monoisotopic (exact) mass is 597 g/mol. The van der Waals surface area contributed by atoms with Gasteiger partial charge in [0, 0.05) is 33.5 Å². The van der Waals surface area contributed by atoms with E-state index in [0.29, 0.717) is 33.1 Å². The molecule has 0 saturated carbocycles. The number of hydrogen-bond acceptors (Lipinski definition) is 7. The van der Waals surface area contributed by atoms with Gasteiger partial charge >= 0.3 is 5.97 Å². The second-order valence-corrected chi connectivity index (χ2v) is 10.1. The van der Waals surface area contributed by atoms with Crippen LogP contribution in [0.5, 0.6) is 11.5 Å². The van der Waals surface area contributed by atoms with Gasteiger partial charge in [0.2, 0.25) is 5.91 Å². The highest BCUT2D eigenvalue weighted by molar-refractivity contribution is 8.00. The van der Waals surface area contributed by atoms with Crippen molar-refractivity contribution in [2.45, 2.75) is 4.90 Å². The molecule has 0 spiro atoms. The molecule has 0 saturated heterocycles. The van der Waals surface area contributed by atoms with E-state index in [1.54, 1.807) is 72.8 Å². The molecule has 0 aliphatic rings. The minimum atomic E-state index is -1.09. The summed E-state index contributed by atoms with van der Waals surface area (Å²) in [4.78, 5) is 50.6.